The van der Waals surface area contributed by atoms with Gasteiger partial charge in [0.05, 0.1) is 18.0 Å². The van der Waals surface area contributed by atoms with Crippen molar-refractivity contribution in [3.05, 3.63) is 47.5 Å². The second-order valence-corrected chi connectivity index (χ2v) is 5.10. The van der Waals surface area contributed by atoms with E-state index in [0.717, 1.165) is 6.07 Å². The maximum absolute atomic E-state index is 13.0. The molecule has 0 aliphatic rings. The van der Waals surface area contributed by atoms with Crippen molar-refractivity contribution in [2.24, 2.45) is 7.05 Å². The first kappa shape index (κ1) is 17.0. The summed E-state index contributed by atoms with van der Waals surface area (Å²) in [4.78, 5) is 16.2. The molecule has 8 heteroatoms. The Balaban J connectivity index is 2.13. The predicted octanol–water partition coefficient (Wildman–Crippen LogP) is 2.64. The van der Waals surface area contributed by atoms with Crippen LogP contribution in [-0.4, -0.2) is 20.7 Å². The molecule has 23 heavy (non-hydrogen) atoms. The fourth-order valence-corrected chi connectivity index (χ4v) is 2.34. The lowest BCUT2D eigenvalue weighted by atomic mass is 10.0. The van der Waals surface area contributed by atoms with Crippen molar-refractivity contribution in [2.75, 3.05) is 0 Å². The topological polar surface area (TPSA) is 59.8 Å². The number of nitrogens with one attached hydrogen (secondary N) is 1. The first-order valence-electron chi connectivity index (χ1n) is 7.11. The van der Waals surface area contributed by atoms with Crippen LogP contribution >= 0.6 is 0 Å². The minimum absolute atomic E-state index is 0.0506. The highest BCUT2D eigenvalue weighted by atomic mass is 19.4. The third kappa shape index (κ3) is 4.08. The first-order chi connectivity index (χ1) is 10.8. The van der Waals surface area contributed by atoms with Crippen LogP contribution in [0.15, 0.2) is 30.6 Å². The number of halogens is 3. The molecule has 2 aromatic rings. The number of carbonyl (C=O) groups is 1. The van der Waals surface area contributed by atoms with Gasteiger partial charge in [0.1, 0.15) is 12.2 Å². The van der Waals surface area contributed by atoms with E-state index < -0.39 is 23.7 Å². The molecule has 0 spiro atoms. The van der Waals surface area contributed by atoms with E-state index in [2.05, 4.69) is 15.4 Å². The van der Waals surface area contributed by atoms with Gasteiger partial charge < -0.3 is 5.32 Å². The standard InChI is InChI=1S/C15H17F3N4O/c1-3-12(14-19-9-20-22(14)2)21-13(23)8-10-6-4-5-7-11(10)15(16,17)18/h4-7,9,12H,3,8H2,1-2H3,(H,21,23)/t12-/m1/s1. The molecule has 0 aliphatic carbocycles. The number of alkyl halides is 3. The number of hydrogen-bond acceptors (Lipinski definition) is 3. The van der Waals surface area contributed by atoms with E-state index in [4.69, 9.17) is 0 Å². The summed E-state index contributed by atoms with van der Waals surface area (Å²) in [6.07, 6.45) is -2.91. The molecule has 1 aromatic carbocycles. The van der Waals surface area contributed by atoms with Crippen LogP contribution in [0.25, 0.3) is 0 Å². The van der Waals surface area contributed by atoms with Crippen LogP contribution in [0.3, 0.4) is 0 Å². The highest BCUT2D eigenvalue weighted by Gasteiger charge is 2.33. The largest absolute Gasteiger partial charge is 0.416 e. The average Bonchev–Trinajstić information content (AvgIpc) is 2.90. The summed E-state index contributed by atoms with van der Waals surface area (Å²) in [5, 5.41) is 6.64. The molecule has 0 bridgehead atoms. The number of benzene rings is 1. The number of aryl methyl sites for hydroxylation is 1. The number of nitrogens with zero attached hydrogens (tertiary/aromatic N) is 3. The smallest absolute Gasteiger partial charge is 0.346 e. The van der Waals surface area contributed by atoms with E-state index in [-0.39, 0.29) is 12.0 Å². The van der Waals surface area contributed by atoms with Crippen LogP contribution in [0.2, 0.25) is 0 Å². The number of amides is 1. The van der Waals surface area contributed by atoms with Gasteiger partial charge in [-0.2, -0.15) is 18.3 Å². The van der Waals surface area contributed by atoms with Gasteiger partial charge in [0, 0.05) is 7.05 Å². The normalized spacial score (nSPS) is 12.9. The Bertz CT molecular complexity index is 681. The molecule has 1 N–H and O–H groups in total. The van der Waals surface area contributed by atoms with Crippen molar-refractivity contribution >= 4 is 5.91 Å². The van der Waals surface area contributed by atoms with Gasteiger partial charge in [-0.3, -0.25) is 9.48 Å². The molecule has 0 unspecified atom stereocenters. The Morgan fingerprint density at radius 1 is 1.35 bits per heavy atom. The van der Waals surface area contributed by atoms with Gasteiger partial charge in [0.25, 0.3) is 0 Å². The fraction of sp³-hybridized carbons (Fsp3) is 0.400. The molecule has 0 aliphatic heterocycles. The van der Waals surface area contributed by atoms with E-state index in [1.54, 1.807) is 7.05 Å². The van der Waals surface area contributed by atoms with E-state index in [1.165, 1.54) is 29.2 Å². The minimum atomic E-state index is -4.48. The third-order valence-electron chi connectivity index (χ3n) is 3.48. The molecule has 124 valence electrons. The Labute approximate surface area is 131 Å². The molecule has 0 fully saturated rings. The SMILES string of the molecule is CC[C@@H](NC(=O)Cc1ccccc1C(F)(F)F)c1ncnn1C. The van der Waals surface area contributed by atoms with Crippen molar-refractivity contribution in [3.8, 4) is 0 Å². The number of aromatic nitrogens is 3. The Morgan fingerprint density at radius 3 is 2.61 bits per heavy atom. The first-order valence-corrected chi connectivity index (χ1v) is 7.11. The van der Waals surface area contributed by atoms with Gasteiger partial charge in [-0.05, 0) is 18.1 Å². The number of hydrogen-bond donors (Lipinski definition) is 1. The van der Waals surface area contributed by atoms with Crippen LogP contribution in [0.5, 0.6) is 0 Å². The molecule has 0 radical (unpaired) electrons. The highest BCUT2D eigenvalue weighted by molar-refractivity contribution is 5.79. The lowest BCUT2D eigenvalue weighted by Crippen LogP contribution is -2.31. The fourth-order valence-electron chi connectivity index (χ4n) is 2.34. The van der Waals surface area contributed by atoms with Crippen molar-refractivity contribution in [2.45, 2.75) is 32.0 Å². The highest BCUT2D eigenvalue weighted by Crippen LogP contribution is 2.32. The van der Waals surface area contributed by atoms with E-state index in [0.29, 0.717) is 12.2 Å². The number of rotatable bonds is 5. The zero-order valence-corrected chi connectivity index (χ0v) is 12.8. The third-order valence-corrected chi connectivity index (χ3v) is 3.48. The summed E-state index contributed by atoms with van der Waals surface area (Å²) in [7, 11) is 1.69. The maximum atomic E-state index is 13.0. The lowest BCUT2D eigenvalue weighted by Gasteiger charge is -2.17. The average molecular weight is 326 g/mol. The Morgan fingerprint density at radius 2 is 2.04 bits per heavy atom. The molecule has 1 heterocycles. The van der Waals surface area contributed by atoms with Gasteiger partial charge in [0.15, 0.2) is 0 Å². The van der Waals surface area contributed by atoms with Crippen molar-refractivity contribution in [1.29, 1.82) is 0 Å². The lowest BCUT2D eigenvalue weighted by molar-refractivity contribution is -0.138. The van der Waals surface area contributed by atoms with E-state index in [1.807, 2.05) is 6.92 Å². The summed E-state index contributed by atoms with van der Waals surface area (Å²) >= 11 is 0. The van der Waals surface area contributed by atoms with Crippen LogP contribution in [0.4, 0.5) is 13.2 Å². The van der Waals surface area contributed by atoms with Crippen molar-refractivity contribution < 1.29 is 18.0 Å². The molecular weight excluding hydrogens is 309 g/mol. The van der Waals surface area contributed by atoms with Crippen molar-refractivity contribution in [3.63, 3.8) is 0 Å². The summed E-state index contributed by atoms with van der Waals surface area (Å²) in [5.74, 6) is 0.0708. The van der Waals surface area contributed by atoms with Crippen LogP contribution in [0.1, 0.15) is 36.3 Å². The zero-order valence-electron chi connectivity index (χ0n) is 12.8. The second kappa shape index (κ2) is 6.80. The second-order valence-electron chi connectivity index (χ2n) is 5.10. The molecule has 1 aromatic heterocycles. The molecule has 0 saturated carbocycles. The maximum Gasteiger partial charge on any atom is 0.416 e. The van der Waals surface area contributed by atoms with Crippen LogP contribution in [0, 0.1) is 0 Å². The van der Waals surface area contributed by atoms with E-state index in [9.17, 15) is 18.0 Å². The molecule has 1 amide bonds. The van der Waals surface area contributed by atoms with Crippen molar-refractivity contribution in [1.82, 2.24) is 20.1 Å². The minimum Gasteiger partial charge on any atom is -0.346 e. The predicted molar refractivity (Wildman–Crippen MR) is 77.3 cm³/mol. The summed E-state index contributed by atoms with van der Waals surface area (Å²) in [6.45, 7) is 1.85. The number of carbonyl (C=O) groups excluding carboxylic acids is 1. The molecule has 1 atom stereocenters. The molecular formula is C15H17F3N4O. The summed E-state index contributed by atoms with van der Waals surface area (Å²) in [6, 6.07) is 4.68. The molecule has 5 nitrogen and oxygen atoms in total. The Kier molecular flexibility index (Phi) is 5.02. The molecule has 2 rings (SSSR count). The van der Waals surface area contributed by atoms with Gasteiger partial charge in [-0.15, -0.1) is 0 Å². The van der Waals surface area contributed by atoms with Gasteiger partial charge in [-0.1, -0.05) is 25.1 Å². The van der Waals surface area contributed by atoms with Gasteiger partial charge >= 0.3 is 6.18 Å². The van der Waals surface area contributed by atoms with Crippen LogP contribution in [-0.2, 0) is 24.4 Å². The monoisotopic (exact) mass is 326 g/mol. The van der Waals surface area contributed by atoms with Crippen LogP contribution < -0.4 is 5.32 Å². The Hall–Kier alpha value is -2.38. The summed E-state index contributed by atoms with van der Waals surface area (Å²) < 4.78 is 40.4. The van der Waals surface area contributed by atoms with E-state index >= 15 is 0 Å². The quantitative estimate of drug-likeness (QED) is 0.919. The molecule has 0 saturated heterocycles. The summed E-state index contributed by atoms with van der Waals surface area (Å²) in [5.41, 5.74) is -0.841. The zero-order chi connectivity index (χ0) is 17.0. The van der Waals surface area contributed by atoms with Gasteiger partial charge in [0.2, 0.25) is 5.91 Å². The van der Waals surface area contributed by atoms with Gasteiger partial charge in [-0.25, -0.2) is 4.98 Å².